The van der Waals surface area contributed by atoms with Crippen molar-refractivity contribution in [2.45, 2.75) is 19.4 Å². The van der Waals surface area contributed by atoms with Crippen LogP contribution >= 0.6 is 0 Å². The number of benzene rings is 1. The predicted molar refractivity (Wildman–Crippen MR) is 113 cm³/mol. The second-order valence-electron chi connectivity index (χ2n) is 6.82. The van der Waals surface area contributed by atoms with E-state index < -0.39 is 0 Å². The highest BCUT2D eigenvalue weighted by Crippen LogP contribution is 2.24. The number of nitrogens with zero attached hydrogens (tertiary/aromatic N) is 4. The Morgan fingerprint density at radius 2 is 2.17 bits per heavy atom. The molecule has 0 bridgehead atoms. The summed E-state index contributed by atoms with van der Waals surface area (Å²) in [5.74, 6) is 1.24. The molecule has 0 spiro atoms. The highest BCUT2D eigenvalue weighted by atomic mass is 16.5. The number of rotatable bonds is 7. The third kappa shape index (κ3) is 3.82. The van der Waals surface area contributed by atoms with Crippen molar-refractivity contribution in [2.75, 3.05) is 14.2 Å². The van der Waals surface area contributed by atoms with Gasteiger partial charge < -0.3 is 15.0 Å². The standard InChI is InChI=1S/C21H22N6O3/c1-22-19(28)4-3-8-26-13-15(12-24-26)27-9-7-23-20(27)17-11-14-10-16(30-2)5-6-18(14)25-21(17)29/h5-7,9-13H,3-4,8H2,1-2H3,(H,22,28)(H,25,29). The van der Waals surface area contributed by atoms with E-state index in [4.69, 9.17) is 4.74 Å². The lowest BCUT2D eigenvalue weighted by Crippen LogP contribution is -2.17. The highest BCUT2D eigenvalue weighted by Gasteiger charge is 2.14. The number of aromatic amines is 1. The van der Waals surface area contributed by atoms with E-state index in [0.29, 0.717) is 36.5 Å². The first-order valence-corrected chi connectivity index (χ1v) is 9.57. The molecule has 30 heavy (non-hydrogen) atoms. The van der Waals surface area contributed by atoms with E-state index in [1.807, 2.05) is 29.0 Å². The number of carbonyl (C=O) groups excluding carboxylic acids is 1. The van der Waals surface area contributed by atoms with E-state index in [2.05, 4.69) is 20.4 Å². The van der Waals surface area contributed by atoms with Crippen LogP contribution in [-0.2, 0) is 11.3 Å². The van der Waals surface area contributed by atoms with Gasteiger partial charge in [0, 0.05) is 49.5 Å². The smallest absolute Gasteiger partial charge is 0.259 e. The Morgan fingerprint density at radius 1 is 1.30 bits per heavy atom. The average Bonchev–Trinajstić information content (AvgIpc) is 3.42. The molecule has 3 aromatic heterocycles. The average molecular weight is 406 g/mol. The topological polar surface area (TPSA) is 107 Å². The summed E-state index contributed by atoms with van der Waals surface area (Å²) in [5.41, 5.74) is 1.74. The monoisotopic (exact) mass is 406 g/mol. The van der Waals surface area contributed by atoms with Gasteiger partial charge in [-0.05, 0) is 30.7 Å². The number of aromatic nitrogens is 5. The Morgan fingerprint density at radius 3 is 2.97 bits per heavy atom. The molecule has 0 fully saturated rings. The van der Waals surface area contributed by atoms with Crippen molar-refractivity contribution in [2.24, 2.45) is 0 Å². The lowest BCUT2D eigenvalue weighted by Gasteiger charge is -2.07. The van der Waals surface area contributed by atoms with Crippen LogP contribution < -0.4 is 15.6 Å². The van der Waals surface area contributed by atoms with Crippen molar-refractivity contribution in [3.05, 3.63) is 59.4 Å². The second-order valence-corrected chi connectivity index (χ2v) is 6.82. The second kappa shape index (κ2) is 8.24. The molecule has 0 radical (unpaired) electrons. The number of fused-ring (bicyclic) bond motifs is 1. The number of H-pyrrole nitrogens is 1. The van der Waals surface area contributed by atoms with Gasteiger partial charge in [0.15, 0.2) is 0 Å². The number of amides is 1. The summed E-state index contributed by atoms with van der Waals surface area (Å²) in [6.45, 7) is 0.619. The Labute approximate surface area is 172 Å². The first-order chi connectivity index (χ1) is 14.6. The molecule has 154 valence electrons. The number of imidazole rings is 1. The van der Waals surface area contributed by atoms with Crippen LogP contribution in [0, 0.1) is 0 Å². The molecule has 9 heteroatoms. The van der Waals surface area contributed by atoms with Gasteiger partial charge in [-0.2, -0.15) is 5.10 Å². The van der Waals surface area contributed by atoms with Crippen LogP contribution in [0.25, 0.3) is 28.0 Å². The quantitative estimate of drug-likeness (QED) is 0.489. The molecule has 0 atom stereocenters. The van der Waals surface area contributed by atoms with Gasteiger partial charge in [0.2, 0.25) is 5.91 Å². The summed E-state index contributed by atoms with van der Waals surface area (Å²) in [7, 11) is 3.23. The Kier molecular flexibility index (Phi) is 5.34. The Bertz CT molecular complexity index is 1250. The molecule has 0 aliphatic heterocycles. The molecule has 4 aromatic rings. The van der Waals surface area contributed by atoms with Crippen LogP contribution in [0.2, 0.25) is 0 Å². The minimum absolute atomic E-state index is 0.00596. The van der Waals surface area contributed by atoms with Gasteiger partial charge in [0.1, 0.15) is 11.6 Å². The third-order valence-electron chi connectivity index (χ3n) is 4.90. The van der Waals surface area contributed by atoms with E-state index in [-0.39, 0.29) is 11.5 Å². The summed E-state index contributed by atoms with van der Waals surface area (Å²) in [6.07, 6.45) is 8.14. The maximum atomic E-state index is 12.7. The van der Waals surface area contributed by atoms with Crippen LogP contribution in [0.15, 0.2) is 53.8 Å². The van der Waals surface area contributed by atoms with E-state index >= 15 is 0 Å². The first-order valence-electron chi connectivity index (χ1n) is 9.57. The number of nitrogens with one attached hydrogen (secondary N) is 2. The van der Waals surface area contributed by atoms with Crippen molar-refractivity contribution >= 4 is 16.8 Å². The Hall–Kier alpha value is -3.88. The lowest BCUT2D eigenvalue weighted by atomic mass is 10.1. The summed E-state index contributed by atoms with van der Waals surface area (Å²) < 4.78 is 8.88. The van der Waals surface area contributed by atoms with Gasteiger partial charge in [-0.3, -0.25) is 18.8 Å². The number of hydrogen-bond acceptors (Lipinski definition) is 5. The fourth-order valence-corrected chi connectivity index (χ4v) is 3.31. The molecule has 0 saturated carbocycles. The van der Waals surface area contributed by atoms with Gasteiger partial charge in [-0.25, -0.2) is 4.98 Å². The van der Waals surface area contributed by atoms with Crippen molar-refractivity contribution < 1.29 is 9.53 Å². The maximum absolute atomic E-state index is 12.7. The zero-order valence-electron chi connectivity index (χ0n) is 16.8. The maximum Gasteiger partial charge on any atom is 0.259 e. The first kappa shape index (κ1) is 19.4. The molecular formula is C21H22N6O3. The Balaban J connectivity index is 1.65. The van der Waals surface area contributed by atoms with E-state index in [1.54, 1.807) is 43.5 Å². The fourth-order valence-electron chi connectivity index (χ4n) is 3.31. The number of methoxy groups -OCH3 is 1. The molecule has 0 unspecified atom stereocenters. The minimum Gasteiger partial charge on any atom is -0.497 e. The zero-order chi connectivity index (χ0) is 21.1. The van der Waals surface area contributed by atoms with Crippen molar-refractivity contribution in [1.29, 1.82) is 0 Å². The molecule has 9 nitrogen and oxygen atoms in total. The zero-order valence-corrected chi connectivity index (χ0v) is 16.8. The predicted octanol–water partition coefficient (Wildman–Crippen LogP) is 2.11. The molecule has 3 heterocycles. The highest BCUT2D eigenvalue weighted by molar-refractivity contribution is 5.84. The van der Waals surface area contributed by atoms with Gasteiger partial charge in [0.05, 0.1) is 24.6 Å². The number of pyridine rings is 1. The van der Waals surface area contributed by atoms with Crippen LogP contribution in [-0.4, -0.2) is 44.4 Å². The van der Waals surface area contributed by atoms with E-state index in [9.17, 15) is 9.59 Å². The molecule has 2 N–H and O–H groups in total. The van der Waals surface area contributed by atoms with Crippen molar-refractivity contribution in [3.63, 3.8) is 0 Å². The van der Waals surface area contributed by atoms with Crippen LogP contribution in [0.5, 0.6) is 5.75 Å². The lowest BCUT2D eigenvalue weighted by molar-refractivity contribution is -0.120. The largest absolute Gasteiger partial charge is 0.497 e. The molecule has 1 aromatic carbocycles. The molecule has 0 aliphatic rings. The van der Waals surface area contributed by atoms with Gasteiger partial charge in [-0.15, -0.1) is 0 Å². The molecule has 1 amide bonds. The van der Waals surface area contributed by atoms with Crippen molar-refractivity contribution in [1.82, 2.24) is 29.6 Å². The normalized spacial score (nSPS) is 11.0. The van der Waals surface area contributed by atoms with Gasteiger partial charge >= 0.3 is 0 Å². The van der Waals surface area contributed by atoms with Crippen molar-refractivity contribution in [3.8, 4) is 22.8 Å². The molecular weight excluding hydrogens is 384 g/mol. The fraction of sp³-hybridized carbons (Fsp3) is 0.238. The van der Waals surface area contributed by atoms with Gasteiger partial charge in [0.25, 0.3) is 5.56 Å². The summed E-state index contributed by atoms with van der Waals surface area (Å²) in [4.78, 5) is 31.4. The number of carbonyl (C=O) groups is 1. The number of aryl methyl sites for hydroxylation is 1. The van der Waals surface area contributed by atoms with E-state index in [1.165, 1.54) is 0 Å². The minimum atomic E-state index is -0.224. The van der Waals surface area contributed by atoms with E-state index in [0.717, 1.165) is 16.6 Å². The molecule has 0 saturated heterocycles. The van der Waals surface area contributed by atoms with Gasteiger partial charge in [-0.1, -0.05) is 0 Å². The van der Waals surface area contributed by atoms with Crippen LogP contribution in [0.3, 0.4) is 0 Å². The molecule has 4 rings (SSSR count). The SMILES string of the molecule is CNC(=O)CCCn1cc(-n2ccnc2-c2cc3cc(OC)ccc3[nH]c2=O)cn1. The van der Waals surface area contributed by atoms with Crippen LogP contribution in [0.4, 0.5) is 0 Å². The summed E-state index contributed by atoms with van der Waals surface area (Å²) in [5, 5.41) is 7.82. The number of ether oxygens (including phenoxy) is 1. The third-order valence-corrected chi connectivity index (χ3v) is 4.90. The summed E-state index contributed by atoms with van der Waals surface area (Å²) in [6, 6.07) is 7.29. The van der Waals surface area contributed by atoms with Crippen LogP contribution in [0.1, 0.15) is 12.8 Å². The molecule has 0 aliphatic carbocycles. The summed E-state index contributed by atoms with van der Waals surface area (Å²) >= 11 is 0. The number of hydrogen-bond donors (Lipinski definition) is 2.